The van der Waals surface area contributed by atoms with Crippen LogP contribution in [0, 0.1) is 0 Å². The molecule has 2 N–H and O–H groups in total. The highest BCUT2D eigenvalue weighted by Crippen LogP contribution is 2.28. The zero-order chi connectivity index (χ0) is 14.7. The molecule has 3 aromatic rings. The van der Waals surface area contributed by atoms with Gasteiger partial charge in [-0.2, -0.15) is 0 Å². The van der Waals surface area contributed by atoms with E-state index >= 15 is 0 Å². The molecule has 108 valence electrons. The third-order valence-electron chi connectivity index (χ3n) is 3.92. The van der Waals surface area contributed by atoms with E-state index in [1.807, 2.05) is 0 Å². The number of benzene rings is 2. The average molecular weight is 296 g/mol. The quantitative estimate of drug-likeness (QED) is 0.770. The summed E-state index contributed by atoms with van der Waals surface area (Å²) in [6.45, 7) is 1.55. The Morgan fingerprint density at radius 2 is 1.86 bits per heavy atom. The van der Waals surface area contributed by atoms with Gasteiger partial charge in [-0.3, -0.25) is 4.90 Å². The van der Waals surface area contributed by atoms with Gasteiger partial charge in [0.15, 0.2) is 0 Å². The lowest BCUT2D eigenvalue weighted by molar-refractivity contribution is 0.245. The van der Waals surface area contributed by atoms with Gasteiger partial charge in [-0.05, 0) is 34.8 Å². The van der Waals surface area contributed by atoms with Gasteiger partial charge < -0.3 is 5.73 Å². The fraction of sp³-hybridized carbons (Fsp3) is 0.222. The largest absolute Gasteiger partial charge is 0.329 e. The number of hydrogen-bond donors (Lipinski definition) is 1. The van der Waals surface area contributed by atoms with Crippen LogP contribution in [0.25, 0.3) is 10.8 Å². The van der Waals surface area contributed by atoms with Crippen molar-refractivity contribution in [1.29, 1.82) is 0 Å². The van der Waals surface area contributed by atoms with Crippen LogP contribution in [-0.2, 0) is 6.54 Å². The lowest BCUT2D eigenvalue weighted by Crippen LogP contribution is -2.30. The van der Waals surface area contributed by atoms with Crippen molar-refractivity contribution in [3.63, 3.8) is 0 Å². The first kappa shape index (κ1) is 14.3. The Morgan fingerprint density at radius 3 is 2.62 bits per heavy atom. The molecule has 0 bridgehead atoms. The van der Waals surface area contributed by atoms with Gasteiger partial charge in [0.25, 0.3) is 0 Å². The molecule has 0 aliphatic heterocycles. The van der Waals surface area contributed by atoms with Crippen LogP contribution < -0.4 is 5.73 Å². The van der Waals surface area contributed by atoms with Crippen molar-refractivity contribution in [3.8, 4) is 0 Å². The van der Waals surface area contributed by atoms with E-state index < -0.39 is 0 Å². The predicted molar refractivity (Wildman–Crippen MR) is 91.5 cm³/mol. The summed E-state index contributed by atoms with van der Waals surface area (Å²) < 4.78 is 0. The zero-order valence-electron chi connectivity index (χ0n) is 12.2. The monoisotopic (exact) mass is 296 g/mol. The van der Waals surface area contributed by atoms with Crippen LogP contribution >= 0.6 is 11.3 Å². The molecule has 3 heteroatoms. The summed E-state index contributed by atoms with van der Waals surface area (Å²) in [6, 6.07) is 19.5. The topological polar surface area (TPSA) is 29.3 Å². The first-order valence-electron chi connectivity index (χ1n) is 7.20. The molecule has 0 saturated carbocycles. The van der Waals surface area contributed by atoms with Crippen molar-refractivity contribution in [2.24, 2.45) is 5.73 Å². The van der Waals surface area contributed by atoms with Gasteiger partial charge in [-0.1, -0.05) is 48.5 Å². The second-order valence-electron chi connectivity index (χ2n) is 5.31. The summed E-state index contributed by atoms with van der Waals surface area (Å²) in [5.74, 6) is 0. The van der Waals surface area contributed by atoms with Crippen LogP contribution in [0.5, 0.6) is 0 Å². The van der Waals surface area contributed by atoms with E-state index in [1.54, 1.807) is 11.3 Å². The minimum Gasteiger partial charge on any atom is -0.329 e. The second-order valence-corrected chi connectivity index (χ2v) is 6.35. The molecule has 2 aromatic carbocycles. The van der Waals surface area contributed by atoms with Gasteiger partial charge in [0.05, 0.1) is 0 Å². The van der Waals surface area contributed by atoms with Crippen molar-refractivity contribution in [2.45, 2.75) is 12.6 Å². The third kappa shape index (κ3) is 3.00. The highest BCUT2D eigenvalue weighted by molar-refractivity contribution is 7.09. The number of nitrogens with two attached hydrogens (primary N) is 1. The maximum Gasteiger partial charge on any atom is 0.0477 e. The van der Waals surface area contributed by atoms with Crippen molar-refractivity contribution >= 4 is 22.1 Å². The summed E-state index contributed by atoms with van der Waals surface area (Å²) in [4.78, 5) is 3.71. The van der Waals surface area contributed by atoms with Crippen molar-refractivity contribution in [3.05, 3.63) is 70.4 Å². The molecule has 1 heterocycles. The maximum absolute atomic E-state index is 6.09. The van der Waals surface area contributed by atoms with Gasteiger partial charge in [-0.15, -0.1) is 11.3 Å². The standard InChI is InChI=1S/C18H20N2S/c1-20(13-15-8-5-11-21-15)18(12-19)17-10-4-7-14-6-2-3-9-16(14)17/h2-11,18H,12-13,19H2,1H3. The number of rotatable bonds is 5. The first-order valence-corrected chi connectivity index (χ1v) is 8.08. The molecule has 1 unspecified atom stereocenters. The van der Waals surface area contributed by atoms with Crippen LogP contribution in [-0.4, -0.2) is 18.5 Å². The number of hydrogen-bond acceptors (Lipinski definition) is 3. The fourth-order valence-electron chi connectivity index (χ4n) is 2.84. The van der Waals surface area contributed by atoms with Crippen LogP contribution in [0.3, 0.4) is 0 Å². The summed E-state index contributed by atoms with van der Waals surface area (Å²) in [6.07, 6.45) is 0. The molecule has 0 saturated heterocycles. The number of nitrogens with zero attached hydrogens (tertiary/aromatic N) is 1. The summed E-state index contributed by atoms with van der Waals surface area (Å²) in [5, 5.41) is 4.70. The van der Waals surface area contributed by atoms with E-state index in [0.717, 1.165) is 6.54 Å². The van der Waals surface area contributed by atoms with E-state index in [9.17, 15) is 0 Å². The van der Waals surface area contributed by atoms with E-state index in [2.05, 4.69) is 71.9 Å². The smallest absolute Gasteiger partial charge is 0.0477 e. The molecule has 21 heavy (non-hydrogen) atoms. The lowest BCUT2D eigenvalue weighted by atomic mass is 9.98. The Labute approximate surface area is 129 Å². The number of likely N-dealkylation sites (N-methyl/N-ethyl adjacent to an activating group) is 1. The van der Waals surface area contributed by atoms with Crippen LogP contribution in [0.15, 0.2) is 60.0 Å². The molecule has 1 aromatic heterocycles. The fourth-order valence-corrected chi connectivity index (χ4v) is 3.61. The van der Waals surface area contributed by atoms with Crippen molar-refractivity contribution in [2.75, 3.05) is 13.6 Å². The van der Waals surface area contributed by atoms with E-state index in [4.69, 9.17) is 5.73 Å². The minimum atomic E-state index is 0.234. The summed E-state index contributed by atoms with van der Waals surface area (Å²) in [5.41, 5.74) is 7.40. The molecular weight excluding hydrogens is 276 g/mol. The third-order valence-corrected chi connectivity index (χ3v) is 4.78. The van der Waals surface area contributed by atoms with Crippen molar-refractivity contribution in [1.82, 2.24) is 4.90 Å². The molecule has 0 fully saturated rings. The molecule has 3 rings (SSSR count). The lowest BCUT2D eigenvalue weighted by Gasteiger charge is -2.28. The van der Waals surface area contributed by atoms with Crippen LogP contribution in [0.2, 0.25) is 0 Å². The zero-order valence-corrected chi connectivity index (χ0v) is 13.0. The van der Waals surface area contributed by atoms with Crippen LogP contribution in [0.4, 0.5) is 0 Å². The summed E-state index contributed by atoms with van der Waals surface area (Å²) in [7, 11) is 2.15. The highest BCUT2D eigenvalue weighted by atomic mass is 32.1. The predicted octanol–water partition coefficient (Wildman–Crippen LogP) is 4.03. The Hall–Kier alpha value is -1.68. The van der Waals surface area contributed by atoms with E-state index in [0.29, 0.717) is 6.54 Å². The molecule has 0 amide bonds. The molecule has 2 nitrogen and oxygen atoms in total. The van der Waals surface area contributed by atoms with Crippen molar-refractivity contribution < 1.29 is 0 Å². The van der Waals surface area contributed by atoms with Gasteiger partial charge in [0.1, 0.15) is 0 Å². The van der Waals surface area contributed by atoms with E-state index in [-0.39, 0.29) is 6.04 Å². The number of thiophene rings is 1. The normalized spacial score (nSPS) is 12.9. The molecule has 0 radical (unpaired) electrons. The molecule has 0 aliphatic rings. The SMILES string of the molecule is CN(Cc1cccs1)C(CN)c1cccc2ccccc12. The van der Waals surface area contributed by atoms with Gasteiger partial charge in [-0.25, -0.2) is 0 Å². The Balaban J connectivity index is 1.94. The molecule has 0 spiro atoms. The number of fused-ring (bicyclic) bond motifs is 1. The average Bonchev–Trinajstić information content (AvgIpc) is 3.01. The van der Waals surface area contributed by atoms with E-state index in [1.165, 1.54) is 21.2 Å². The van der Waals surface area contributed by atoms with Gasteiger partial charge >= 0.3 is 0 Å². The first-order chi connectivity index (χ1) is 10.3. The second kappa shape index (κ2) is 6.39. The molecule has 0 aliphatic carbocycles. The Morgan fingerprint density at radius 1 is 1.05 bits per heavy atom. The van der Waals surface area contributed by atoms with Crippen LogP contribution in [0.1, 0.15) is 16.5 Å². The van der Waals surface area contributed by atoms with Gasteiger partial charge in [0.2, 0.25) is 0 Å². The Kier molecular flexibility index (Phi) is 4.34. The highest BCUT2D eigenvalue weighted by Gasteiger charge is 2.18. The molecular formula is C18H20N2S. The molecule has 1 atom stereocenters. The minimum absolute atomic E-state index is 0.234. The maximum atomic E-state index is 6.09. The Bertz CT molecular complexity index is 701. The summed E-state index contributed by atoms with van der Waals surface area (Å²) >= 11 is 1.80. The van der Waals surface area contributed by atoms with Gasteiger partial charge in [0, 0.05) is 24.0 Å².